The number of urea groups is 1. The fraction of sp³-hybridized carbons (Fsp3) is 0.421. The molecule has 1 heterocycles. The van der Waals surface area contributed by atoms with Crippen LogP contribution in [0, 0.1) is 0 Å². The first-order valence-electron chi connectivity index (χ1n) is 8.69. The molecule has 2 amide bonds. The van der Waals surface area contributed by atoms with Crippen LogP contribution in [0.5, 0.6) is 11.5 Å². The fourth-order valence-electron chi connectivity index (χ4n) is 2.17. The Morgan fingerprint density at radius 1 is 1.08 bits per heavy atom. The molecule has 2 aromatic rings. The predicted molar refractivity (Wildman–Crippen MR) is 103 cm³/mol. The van der Waals surface area contributed by atoms with Crippen LogP contribution in [0.25, 0.3) is 0 Å². The maximum Gasteiger partial charge on any atom is 0.319 e. The Hall–Kier alpha value is -2.21. The van der Waals surface area contributed by atoms with E-state index in [9.17, 15) is 4.79 Å². The van der Waals surface area contributed by atoms with Crippen LogP contribution in [0.3, 0.4) is 0 Å². The summed E-state index contributed by atoms with van der Waals surface area (Å²) < 4.78 is 11.4. The molecule has 0 aliphatic heterocycles. The Morgan fingerprint density at radius 3 is 2.52 bits per heavy atom. The van der Waals surface area contributed by atoms with Crippen molar-refractivity contribution in [3.8, 4) is 11.5 Å². The van der Waals surface area contributed by atoms with Gasteiger partial charge in [0, 0.05) is 23.2 Å². The number of thiophene rings is 1. The Kier molecular flexibility index (Phi) is 8.12. The molecule has 1 aromatic carbocycles. The van der Waals surface area contributed by atoms with Gasteiger partial charge in [-0.2, -0.15) is 0 Å². The molecule has 2 rings (SSSR count). The number of ether oxygens (including phenoxy) is 2. The quantitative estimate of drug-likeness (QED) is 0.644. The molecule has 0 bridgehead atoms. The molecule has 25 heavy (non-hydrogen) atoms. The molecular weight excluding hydrogens is 336 g/mol. The highest BCUT2D eigenvalue weighted by atomic mass is 32.1. The third-order valence-corrected chi connectivity index (χ3v) is 4.30. The van der Waals surface area contributed by atoms with E-state index < -0.39 is 0 Å². The van der Waals surface area contributed by atoms with Crippen LogP contribution in [0.4, 0.5) is 10.5 Å². The SMILES string of the molecule is CCCOc1ccc(NC(=O)NCCc2cccs2)cc1OCCC. The Balaban J connectivity index is 1.89. The van der Waals surface area contributed by atoms with Gasteiger partial charge in [0.15, 0.2) is 11.5 Å². The molecule has 1 aromatic heterocycles. The zero-order valence-corrected chi connectivity index (χ0v) is 15.7. The Labute approximate surface area is 153 Å². The Bertz CT molecular complexity index is 644. The number of carbonyl (C=O) groups is 1. The van der Waals surface area contributed by atoms with Crippen LogP contribution in [0.2, 0.25) is 0 Å². The summed E-state index contributed by atoms with van der Waals surface area (Å²) in [7, 11) is 0. The van der Waals surface area contributed by atoms with Gasteiger partial charge in [0.25, 0.3) is 0 Å². The summed E-state index contributed by atoms with van der Waals surface area (Å²) in [6.07, 6.45) is 2.67. The van der Waals surface area contributed by atoms with Crippen molar-refractivity contribution >= 4 is 23.1 Å². The lowest BCUT2D eigenvalue weighted by Gasteiger charge is -2.14. The van der Waals surface area contributed by atoms with Crippen molar-refractivity contribution in [2.75, 3.05) is 25.1 Å². The second-order valence-electron chi connectivity index (χ2n) is 5.57. The van der Waals surface area contributed by atoms with Gasteiger partial charge in [0.1, 0.15) is 0 Å². The molecule has 0 atom stereocenters. The molecule has 0 spiro atoms. The molecule has 0 unspecified atom stereocenters. The van der Waals surface area contributed by atoms with Gasteiger partial charge < -0.3 is 20.1 Å². The number of hydrogen-bond donors (Lipinski definition) is 2. The minimum atomic E-state index is -0.222. The maximum atomic E-state index is 12.0. The number of benzene rings is 1. The first-order chi connectivity index (χ1) is 12.2. The van der Waals surface area contributed by atoms with Crippen molar-refractivity contribution in [2.24, 2.45) is 0 Å². The summed E-state index contributed by atoms with van der Waals surface area (Å²) in [5.41, 5.74) is 0.684. The van der Waals surface area contributed by atoms with E-state index in [0.29, 0.717) is 36.9 Å². The predicted octanol–water partition coefficient (Wildman–Crippen LogP) is 4.69. The van der Waals surface area contributed by atoms with Crippen LogP contribution in [0.15, 0.2) is 35.7 Å². The third kappa shape index (κ3) is 6.66. The zero-order chi connectivity index (χ0) is 17.9. The van der Waals surface area contributed by atoms with Gasteiger partial charge in [-0.15, -0.1) is 11.3 Å². The molecule has 0 fully saturated rings. The second kappa shape index (κ2) is 10.6. The van der Waals surface area contributed by atoms with Gasteiger partial charge in [-0.3, -0.25) is 0 Å². The number of rotatable bonds is 10. The van der Waals surface area contributed by atoms with E-state index >= 15 is 0 Å². The first kappa shape index (κ1) is 19.1. The zero-order valence-electron chi connectivity index (χ0n) is 14.8. The number of nitrogens with one attached hydrogen (secondary N) is 2. The largest absolute Gasteiger partial charge is 0.490 e. The fourth-order valence-corrected chi connectivity index (χ4v) is 2.88. The number of carbonyl (C=O) groups excluding carboxylic acids is 1. The van der Waals surface area contributed by atoms with Crippen molar-refractivity contribution in [3.05, 3.63) is 40.6 Å². The van der Waals surface area contributed by atoms with E-state index in [0.717, 1.165) is 19.3 Å². The molecule has 136 valence electrons. The third-order valence-electron chi connectivity index (χ3n) is 3.36. The van der Waals surface area contributed by atoms with Crippen LogP contribution >= 0.6 is 11.3 Å². The Morgan fingerprint density at radius 2 is 1.84 bits per heavy atom. The van der Waals surface area contributed by atoms with E-state index in [1.54, 1.807) is 17.4 Å². The second-order valence-corrected chi connectivity index (χ2v) is 6.60. The summed E-state index contributed by atoms with van der Waals surface area (Å²) >= 11 is 1.69. The van der Waals surface area contributed by atoms with Gasteiger partial charge in [-0.25, -0.2) is 4.79 Å². The first-order valence-corrected chi connectivity index (χ1v) is 9.57. The molecule has 0 saturated heterocycles. The summed E-state index contributed by atoms with van der Waals surface area (Å²) in [5, 5.41) is 7.74. The monoisotopic (exact) mass is 362 g/mol. The molecule has 0 saturated carbocycles. The van der Waals surface area contributed by atoms with E-state index in [-0.39, 0.29) is 6.03 Å². The highest BCUT2D eigenvalue weighted by molar-refractivity contribution is 7.09. The van der Waals surface area contributed by atoms with Gasteiger partial charge in [-0.05, 0) is 42.8 Å². The van der Waals surface area contributed by atoms with Crippen molar-refractivity contribution in [2.45, 2.75) is 33.1 Å². The van der Waals surface area contributed by atoms with Crippen LogP contribution in [-0.4, -0.2) is 25.8 Å². The highest BCUT2D eigenvalue weighted by Gasteiger charge is 2.09. The summed E-state index contributed by atoms with van der Waals surface area (Å²) in [6.45, 7) is 5.96. The van der Waals surface area contributed by atoms with Gasteiger partial charge in [-0.1, -0.05) is 19.9 Å². The van der Waals surface area contributed by atoms with E-state index in [1.165, 1.54) is 4.88 Å². The average Bonchev–Trinajstić information content (AvgIpc) is 3.12. The van der Waals surface area contributed by atoms with E-state index in [1.807, 2.05) is 23.6 Å². The lowest BCUT2D eigenvalue weighted by atomic mass is 10.2. The lowest BCUT2D eigenvalue weighted by molar-refractivity contribution is 0.252. The van der Waals surface area contributed by atoms with Crippen molar-refractivity contribution in [1.82, 2.24) is 5.32 Å². The molecule has 2 N–H and O–H groups in total. The van der Waals surface area contributed by atoms with Gasteiger partial charge in [0.2, 0.25) is 0 Å². The topological polar surface area (TPSA) is 59.6 Å². The van der Waals surface area contributed by atoms with E-state index in [4.69, 9.17) is 9.47 Å². The smallest absolute Gasteiger partial charge is 0.319 e. The standard InChI is InChI=1S/C19H26N2O3S/c1-3-11-23-17-8-7-15(14-18(17)24-12-4-2)21-19(22)20-10-9-16-6-5-13-25-16/h5-8,13-14H,3-4,9-12H2,1-2H3,(H2,20,21,22). The number of anilines is 1. The minimum Gasteiger partial charge on any atom is -0.490 e. The lowest BCUT2D eigenvalue weighted by Crippen LogP contribution is -2.30. The molecule has 6 heteroatoms. The van der Waals surface area contributed by atoms with Crippen molar-refractivity contribution in [3.63, 3.8) is 0 Å². The van der Waals surface area contributed by atoms with Crippen molar-refractivity contribution < 1.29 is 14.3 Å². The van der Waals surface area contributed by atoms with Crippen LogP contribution in [0.1, 0.15) is 31.6 Å². The normalized spacial score (nSPS) is 10.3. The summed E-state index contributed by atoms with van der Waals surface area (Å²) in [6, 6.07) is 9.32. The van der Waals surface area contributed by atoms with Gasteiger partial charge >= 0.3 is 6.03 Å². The molecular formula is C19H26N2O3S. The molecule has 0 aliphatic rings. The highest BCUT2D eigenvalue weighted by Crippen LogP contribution is 2.30. The molecule has 0 aliphatic carbocycles. The van der Waals surface area contributed by atoms with Crippen LogP contribution in [-0.2, 0) is 6.42 Å². The van der Waals surface area contributed by atoms with Crippen LogP contribution < -0.4 is 20.1 Å². The van der Waals surface area contributed by atoms with Gasteiger partial charge in [0.05, 0.1) is 13.2 Å². The number of amides is 2. The van der Waals surface area contributed by atoms with Crippen molar-refractivity contribution in [1.29, 1.82) is 0 Å². The average molecular weight is 362 g/mol. The summed E-state index contributed by atoms with van der Waals surface area (Å²) in [5.74, 6) is 1.37. The number of hydrogen-bond acceptors (Lipinski definition) is 4. The summed E-state index contributed by atoms with van der Waals surface area (Å²) in [4.78, 5) is 13.3. The van der Waals surface area contributed by atoms with E-state index in [2.05, 4.69) is 30.5 Å². The minimum absolute atomic E-state index is 0.222. The molecule has 0 radical (unpaired) electrons. The maximum absolute atomic E-state index is 12.0. The molecule has 5 nitrogen and oxygen atoms in total.